The van der Waals surface area contributed by atoms with E-state index >= 15 is 0 Å². The lowest BCUT2D eigenvalue weighted by atomic mass is 9.97. The van der Waals surface area contributed by atoms with E-state index in [1.165, 1.54) is 7.11 Å². The van der Waals surface area contributed by atoms with Crippen LogP contribution in [0.5, 0.6) is 11.5 Å². The summed E-state index contributed by atoms with van der Waals surface area (Å²) in [6.07, 6.45) is 2.76. The smallest absolute Gasteiger partial charge is 0.255 e. The molecule has 0 radical (unpaired) electrons. The van der Waals surface area contributed by atoms with Crippen molar-refractivity contribution in [3.63, 3.8) is 0 Å². The maximum absolute atomic E-state index is 13.2. The summed E-state index contributed by atoms with van der Waals surface area (Å²) >= 11 is 0. The molecule has 3 rings (SSSR count). The van der Waals surface area contributed by atoms with E-state index < -0.39 is 6.04 Å². The highest BCUT2D eigenvalue weighted by Crippen LogP contribution is 2.25. The van der Waals surface area contributed by atoms with E-state index in [1.807, 2.05) is 32.1 Å². The summed E-state index contributed by atoms with van der Waals surface area (Å²) < 4.78 is 5.27. The number of benzene rings is 2. The van der Waals surface area contributed by atoms with Gasteiger partial charge in [0.05, 0.1) is 12.7 Å². The minimum Gasteiger partial charge on any atom is -0.508 e. The predicted octanol–water partition coefficient (Wildman–Crippen LogP) is 3.47. The number of carbonyl (C=O) groups is 2. The van der Waals surface area contributed by atoms with Gasteiger partial charge in [-0.05, 0) is 47.7 Å². The van der Waals surface area contributed by atoms with Crippen LogP contribution in [-0.4, -0.2) is 48.1 Å². The summed E-state index contributed by atoms with van der Waals surface area (Å²) in [5.74, 6) is 0.242. The molecule has 0 aromatic heterocycles. The van der Waals surface area contributed by atoms with Crippen LogP contribution in [0.3, 0.4) is 0 Å². The van der Waals surface area contributed by atoms with Crippen LogP contribution in [0.2, 0.25) is 0 Å². The topological polar surface area (TPSA) is 78.9 Å². The summed E-state index contributed by atoms with van der Waals surface area (Å²) in [6, 6.07) is 13.4. The Morgan fingerprint density at radius 3 is 2.40 bits per heavy atom. The number of hydrogen-bond donors (Lipinski definition) is 2. The summed E-state index contributed by atoms with van der Waals surface area (Å²) in [5.41, 5.74) is 2.61. The second-order valence-corrected chi connectivity index (χ2v) is 7.71. The van der Waals surface area contributed by atoms with Gasteiger partial charge in [-0.3, -0.25) is 9.59 Å². The Hall–Kier alpha value is -3.28. The van der Waals surface area contributed by atoms with Gasteiger partial charge in [-0.1, -0.05) is 44.2 Å². The number of methoxy groups -OCH3 is 1. The molecule has 30 heavy (non-hydrogen) atoms. The zero-order valence-corrected chi connectivity index (χ0v) is 17.6. The normalized spacial score (nSPS) is 14.8. The maximum atomic E-state index is 13.2. The molecule has 0 fully saturated rings. The first kappa shape index (κ1) is 21.4. The molecule has 2 aromatic rings. The average Bonchev–Trinajstić information content (AvgIpc) is 2.77. The Kier molecular flexibility index (Phi) is 6.77. The summed E-state index contributed by atoms with van der Waals surface area (Å²) in [4.78, 5) is 27.7. The molecule has 1 aliphatic heterocycles. The lowest BCUT2D eigenvalue weighted by Crippen LogP contribution is -2.52. The van der Waals surface area contributed by atoms with Gasteiger partial charge >= 0.3 is 0 Å². The molecule has 1 aliphatic rings. The zero-order valence-electron chi connectivity index (χ0n) is 17.6. The van der Waals surface area contributed by atoms with E-state index in [-0.39, 0.29) is 23.5 Å². The quantitative estimate of drug-likeness (QED) is 0.767. The van der Waals surface area contributed by atoms with Crippen molar-refractivity contribution >= 4 is 17.4 Å². The molecule has 2 N–H and O–H groups in total. The molecule has 6 heteroatoms. The first-order valence-electron chi connectivity index (χ1n) is 10.1. The molecular weight excluding hydrogens is 380 g/mol. The molecule has 1 unspecified atom stereocenters. The van der Waals surface area contributed by atoms with E-state index in [9.17, 15) is 14.7 Å². The third kappa shape index (κ3) is 4.82. The second kappa shape index (κ2) is 9.48. The molecule has 2 amide bonds. The minimum absolute atomic E-state index is 0.0568. The van der Waals surface area contributed by atoms with Gasteiger partial charge in [-0.2, -0.15) is 0 Å². The lowest BCUT2D eigenvalue weighted by Gasteiger charge is -2.32. The van der Waals surface area contributed by atoms with E-state index in [1.54, 1.807) is 41.3 Å². The van der Waals surface area contributed by atoms with Crippen molar-refractivity contribution in [2.75, 3.05) is 20.2 Å². The van der Waals surface area contributed by atoms with Crippen molar-refractivity contribution in [2.45, 2.75) is 26.3 Å². The van der Waals surface area contributed by atoms with E-state index in [0.717, 1.165) is 17.6 Å². The highest BCUT2D eigenvalue weighted by Gasteiger charge is 2.30. The van der Waals surface area contributed by atoms with Crippen LogP contribution < -0.4 is 10.1 Å². The van der Waals surface area contributed by atoms with Gasteiger partial charge < -0.3 is 20.1 Å². The van der Waals surface area contributed by atoms with Gasteiger partial charge in [-0.15, -0.1) is 0 Å². The van der Waals surface area contributed by atoms with Gasteiger partial charge in [0.15, 0.2) is 0 Å². The highest BCUT2D eigenvalue weighted by atomic mass is 16.5. The van der Waals surface area contributed by atoms with Gasteiger partial charge in [0.2, 0.25) is 5.91 Å². The maximum Gasteiger partial charge on any atom is 0.255 e. The fraction of sp³-hybridized carbons (Fsp3) is 0.333. The summed E-state index contributed by atoms with van der Waals surface area (Å²) in [5, 5.41) is 12.4. The standard InChI is InChI=1S/C24H28N2O4/c1-16(2)22(25-23(28)20-6-4-5-7-21(20)30-3)24(29)26-14-12-18(13-15-26)17-8-10-19(27)11-9-17/h4-12,16,22,27H,13-15H2,1-3H3,(H,25,28). The van der Waals surface area contributed by atoms with Gasteiger partial charge in [0.25, 0.3) is 5.91 Å². The van der Waals surface area contributed by atoms with Gasteiger partial charge in [-0.25, -0.2) is 0 Å². The molecule has 158 valence electrons. The second-order valence-electron chi connectivity index (χ2n) is 7.71. The highest BCUT2D eigenvalue weighted by molar-refractivity contribution is 5.99. The average molecular weight is 408 g/mol. The molecule has 6 nitrogen and oxygen atoms in total. The Balaban J connectivity index is 1.70. The molecular formula is C24H28N2O4. The van der Waals surface area contributed by atoms with Gasteiger partial charge in [0, 0.05) is 13.1 Å². The molecule has 1 heterocycles. The Morgan fingerprint density at radius 2 is 1.80 bits per heavy atom. The van der Waals surface area contributed by atoms with E-state index in [4.69, 9.17) is 4.74 Å². The van der Waals surface area contributed by atoms with Crippen molar-refractivity contribution in [3.8, 4) is 11.5 Å². The van der Waals surface area contributed by atoms with Crippen LogP contribution in [0.1, 0.15) is 36.2 Å². The number of nitrogens with zero attached hydrogens (tertiary/aromatic N) is 1. The molecule has 0 bridgehead atoms. The number of rotatable bonds is 6. The number of carbonyl (C=O) groups excluding carboxylic acids is 2. The Bertz CT molecular complexity index is 934. The van der Waals surface area contributed by atoms with Crippen molar-refractivity contribution in [2.24, 2.45) is 5.92 Å². The monoisotopic (exact) mass is 408 g/mol. The number of phenolic OH excluding ortho intramolecular Hbond substituents is 1. The third-order valence-corrected chi connectivity index (χ3v) is 5.33. The fourth-order valence-electron chi connectivity index (χ4n) is 3.57. The summed E-state index contributed by atoms with van der Waals surface area (Å²) in [7, 11) is 1.52. The largest absolute Gasteiger partial charge is 0.508 e. The number of para-hydroxylation sites is 1. The van der Waals surface area contributed by atoms with Crippen LogP contribution in [0, 0.1) is 5.92 Å². The van der Waals surface area contributed by atoms with E-state index in [2.05, 4.69) is 5.32 Å². The Morgan fingerprint density at radius 1 is 1.10 bits per heavy atom. The van der Waals surface area contributed by atoms with Gasteiger partial charge in [0.1, 0.15) is 17.5 Å². The molecule has 0 saturated carbocycles. The van der Waals surface area contributed by atoms with Crippen LogP contribution in [0.15, 0.2) is 54.6 Å². The number of ether oxygens (including phenoxy) is 1. The third-order valence-electron chi connectivity index (χ3n) is 5.33. The molecule has 2 aromatic carbocycles. The zero-order chi connectivity index (χ0) is 21.7. The number of hydrogen-bond acceptors (Lipinski definition) is 4. The summed E-state index contributed by atoms with van der Waals surface area (Å²) in [6.45, 7) is 4.92. The van der Waals surface area contributed by atoms with Crippen LogP contribution in [0.4, 0.5) is 0 Å². The first-order chi connectivity index (χ1) is 14.4. The molecule has 1 atom stereocenters. The van der Waals surface area contributed by atoms with Crippen LogP contribution in [0.25, 0.3) is 5.57 Å². The Labute approximate surface area is 177 Å². The van der Waals surface area contributed by atoms with Crippen molar-refractivity contribution < 1.29 is 19.4 Å². The number of amides is 2. The van der Waals surface area contributed by atoms with E-state index in [0.29, 0.717) is 24.4 Å². The number of phenols is 1. The fourth-order valence-corrected chi connectivity index (χ4v) is 3.57. The lowest BCUT2D eigenvalue weighted by molar-refractivity contribution is -0.133. The number of nitrogens with one attached hydrogen (secondary N) is 1. The molecule has 0 spiro atoms. The predicted molar refractivity (Wildman–Crippen MR) is 116 cm³/mol. The SMILES string of the molecule is COc1ccccc1C(=O)NC(C(=O)N1CC=C(c2ccc(O)cc2)CC1)C(C)C. The minimum atomic E-state index is -0.619. The van der Waals surface area contributed by atoms with Crippen molar-refractivity contribution in [3.05, 3.63) is 65.7 Å². The van der Waals surface area contributed by atoms with Crippen molar-refractivity contribution in [1.29, 1.82) is 0 Å². The molecule has 0 saturated heterocycles. The van der Waals surface area contributed by atoms with Crippen molar-refractivity contribution in [1.82, 2.24) is 10.2 Å². The molecule has 0 aliphatic carbocycles. The van der Waals surface area contributed by atoms with Crippen LogP contribution >= 0.6 is 0 Å². The number of aromatic hydroxyl groups is 1. The van der Waals surface area contributed by atoms with Crippen LogP contribution in [-0.2, 0) is 4.79 Å². The first-order valence-corrected chi connectivity index (χ1v) is 10.1.